The molecule has 0 atom stereocenters. The van der Waals surface area contributed by atoms with Crippen LogP contribution in [0.2, 0.25) is 0 Å². The van der Waals surface area contributed by atoms with Crippen LogP contribution >= 0.6 is 15.9 Å². The molecule has 0 radical (unpaired) electrons. The lowest BCUT2D eigenvalue weighted by Gasteiger charge is -2.21. The predicted octanol–water partition coefficient (Wildman–Crippen LogP) is 5.08. The Morgan fingerprint density at radius 3 is 2.38 bits per heavy atom. The molecule has 2 aromatic rings. The van der Waals surface area contributed by atoms with E-state index in [1.807, 2.05) is 45.0 Å². The Morgan fingerprint density at radius 2 is 1.79 bits per heavy atom. The van der Waals surface area contributed by atoms with E-state index in [1.54, 1.807) is 0 Å². The van der Waals surface area contributed by atoms with Gasteiger partial charge in [-0.25, -0.2) is 4.98 Å². The largest absolute Gasteiger partial charge is 0.433 e. The molecule has 0 bridgehead atoms. The number of hydrogen-bond acceptors (Lipinski definition) is 4. The minimum Gasteiger partial charge on any atom is -0.366 e. The molecule has 2 N–H and O–H groups in total. The van der Waals surface area contributed by atoms with E-state index in [-0.39, 0.29) is 11.8 Å². The molecule has 1 heterocycles. The average molecular weight is 403 g/mol. The number of halogens is 4. The lowest BCUT2D eigenvalue weighted by Crippen LogP contribution is -2.28. The standard InChI is InChI=1S/C16H18BrF3N4/c1-15(2,3)24-14-22-12(16(18,19)20)8-13(23-14)21-9-10-5-4-6-11(17)7-10/h4-8H,9H2,1-3H3,(H2,21,22,23,24). The highest BCUT2D eigenvalue weighted by Crippen LogP contribution is 2.30. The number of nitrogens with zero attached hydrogens (tertiary/aromatic N) is 2. The van der Waals surface area contributed by atoms with Gasteiger partial charge >= 0.3 is 6.18 Å². The van der Waals surface area contributed by atoms with Crippen LogP contribution in [-0.2, 0) is 12.7 Å². The van der Waals surface area contributed by atoms with Gasteiger partial charge in [-0.3, -0.25) is 0 Å². The van der Waals surface area contributed by atoms with Crippen LogP contribution in [0.1, 0.15) is 32.0 Å². The first-order chi connectivity index (χ1) is 11.0. The van der Waals surface area contributed by atoms with Crippen molar-refractivity contribution in [2.75, 3.05) is 10.6 Å². The van der Waals surface area contributed by atoms with E-state index < -0.39 is 17.4 Å². The van der Waals surface area contributed by atoms with E-state index in [9.17, 15) is 13.2 Å². The molecule has 0 aliphatic heterocycles. The van der Waals surface area contributed by atoms with Gasteiger partial charge in [0.1, 0.15) is 5.82 Å². The van der Waals surface area contributed by atoms with E-state index in [4.69, 9.17) is 0 Å². The van der Waals surface area contributed by atoms with Crippen molar-refractivity contribution in [1.29, 1.82) is 0 Å². The van der Waals surface area contributed by atoms with Crippen LogP contribution in [0.3, 0.4) is 0 Å². The van der Waals surface area contributed by atoms with Gasteiger partial charge in [0, 0.05) is 22.6 Å². The summed E-state index contributed by atoms with van der Waals surface area (Å²) in [6.07, 6.45) is -4.54. The molecule has 0 saturated carbocycles. The Morgan fingerprint density at radius 1 is 1.08 bits per heavy atom. The SMILES string of the molecule is CC(C)(C)Nc1nc(NCc2cccc(Br)c2)cc(C(F)(F)F)n1. The molecule has 1 aromatic carbocycles. The lowest BCUT2D eigenvalue weighted by molar-refractivity contribution is -0.141. The van der Waals surface area contributed by atoms with Crippen LogP contribution in [-0.4, -0.2) is 15.5 Å². The number of nitrogens with one attached hydrogen (secondary N) is 2. The van der Waals surface area contributed by atoms with E-state index in [2.05, 4.69) is 36.5 Å². The maximum Gasteiger partial charge on any atom is 0.433 e. The Bertz CT molecular complexity index is 711. The quantitative estimate of drug-likeness (QED) is 0.748. The fourth-order valence-electron chi connectivity index (χ4n) is 1.91. The normalized spacial score (nSPS) is 12.1. The third-order valence-corrected chi connectivity index (χ3v) is 3.36. The van der Waals surface area contributed by atoms with Crippen molar-refractivity contribution in [1.82, 2.24) is 9.97 Å². The molecule has 130 valence electrons. The number of rotatable bonds is 4. The summed E-state index contributed by atoms with van der Waals surface area (Å²) in [5.74, 6) is 0.0538. The topological polar surface area (TPSA) is 49.8 Å². The van der Waals surface area contributed by atoms with Crippen molar-refractivity contribution in [2.45, 2.75) is 39.0 Å². The molecule has 0 aliphatic carbocycles. The van der Waals surface area contributed by atoms with Crippen molar-refractivity contribution < 1.29 is 13.2 Å². The molecule has 0 saturated heterocycles. The van der Waals surface area contributed by atoms with Gasteiger partial charge in [0.25, 0.3) is 0 Å². The third kappa shape index (κ3) is 5.67. The summed E-state index contributed by atoms with van der Waals surface area (Å²) in [6, 6.07) is 8.40. The van der Waals surface area contributed by atoms with Gasteiger partial charge in [-0.15, -0.1) is 0 Å². The second kappa shape index (κ2) is 6.96. The maximum absolute atomic E-state index is 13.0. The number of anilines is 2. The van der Waals surface area contributed by atoms with Crippen molar-refractivity contribution in [3.05, 3.63) is 46.1 Å². The average Bonchev–Trinajstić information content (AvgIpc) is 2.42. The minimum absolute atomic E-state index is 0.0610. The summed E-state index contributed by atoms with van der Waals surface area (Å²) < 4.78 is 40.0. The summed E-state index contributed by atoms with van der Waals surface area (Å²) in [5.41, 5.74) is -0.519. The second-order valence-electron chi connectivity index (χ2n) is 6.32. The van der Waals surface area contributed by atoms with E-state index in [0.29, 0.717) is 6.54 Å². The smallest absolute Gasteiger partial charge is 0.366 e. The Labute approximate surface area is 147 Å². The molecule has 0 unspecified atom stereocenters. The van der Waals surface area contributed by atoms with Crippen LogP contribution in [0.4, 0.5) is 24.9 Å². The molecule has 0 spiro atoms. The van der Waals surface area contributed by atoms with Crippen molar-refractivity contribution >= 4 is 27.7 Å². The highest BCUT2D eigenvalue weighted by molar-refractivity contribution is 9.10. The molecule has 4 nitrogen and oxygen atoms in total. The summed E-state index contributed by atoms with van der Waals surface area (Å²) in [4.78, 5) is 7.69. The number of benzene rings is 1. The summed E-state index contributed by atoms with van der Waals surface area (Å²) in [5, 5.41) is 5.79. The van der Waals surface area contributed by atoms with Gasteiger partial charge in [-0.05, 0) is 38.5 Å². The molecule has 0 amide bonds. The third-order valence-electron chi connectivity index (χ3n) is 2.87. The first-order valence-electron chi connectivity index (χ1n) is 7.26. The van der Waals surface area contributed by atoms with E-state index in [1.165, 1.54) is 0 Å². The summed E-state index contributed by atoms with van der Waals surface area (Å²) in [6.45, 7) is 5.82. The predicted molar refractivity (Wildman–Crippen MR) is 91.9 cm³/mol. The first-order valence-corrected chi connectivity index (χ1v) is 8.05. The number of aromatic nitrogens is 2. The van der Waals surface area contributed by atoms with Crippen LogP contribution in [0.5, 0.6) is 0 Å². The van der Waals surface area contributed by atoms with Gasteiger partial charge in [-0.2, -0.15) is 18.2 Å². The lowest BCUT2D eigenvalue weighted by atomic mass is 10.1. The molecule has 1 aromatic heterocycles. The molecule has 0 fully saturated rings. The Balaban J connectivity index is 2.25. The Hall–Kier alpha value is -1.83. The maximum atomic E-state index is 13.0. The van der Waals surface area contributed by atoms with Crippen molar-refractivity contribution in [3.63, 3.8) is 0 Å². The molecular weight excluding hydrogens is 385 g/mol. The van der Waals surface area contributed by atoms with Crippen LogP contribution in [0, 0.1) is 0 Å². The highest BCUT2D eigenvalue weighted by atomic mass is 79.9. The van der Waals surface area contributed by atoms with E-state index >= 15 is 0 Å². The first kappa shape index (κ1) is 18.5. The molecule has 8 heteroatoms. The second-order valence-corrected chi connectivity index (χ2v) is 7.23. The fourth-order valence-corrected chi connectivity index (χ4v) is 2.36. The monoisotopic (exact) mass is 402 g/mol. The molecule has 0 aliphatic rings. The van der Waals surface area contributed by atoms with Gasteiger partial charge < -0.3 is 10.6 Å². The summed E-state index contributed by atoms with van der Waals surface area (Å²) in [7, 11) is 0. The van der Waals surface area contributed by atoms with Crippen LogP contribution in [0.15, 0.2) is 34.8 Å². The molecule has 24 heavy (non-hydrogen) atoms. The minimum atomic E-state index is -4.54. The van der Waals surface area contributed by atoms with Gasteiger partial charge in [0.2, 0.25) is 5.95 Å². The fraction of sp³-hybridized carbons (Fsp3) is 0.375. The molecule has 2 rings (SSSR count). The van der Waals surface area contributed by atoms with Gasteiger partial charge in [0.05, 0.1) is 0 Å². The van der Waals surface area contributed by atoms with Gasteiger partial charge in [-0.1, -0.05) is 28.1 Å². The van der Waals surface area contributed by atoms with E-state index in [0.717, 1.165) is 16.1 Å². The van der Waals surface area contributed by atoms with Crippen LogP contribution < -0.4 is 10.6 Å². The van der Waals surface area contributed by atoms with Gasteiger partial charge in [0.15, 0.2) is 5.69 Å². The zero-order valence-corrected chi connectivity index (χ0v) is 15.1. The summed E-state index contributed by atoms with van der Waals surface area (Å²) >= 11 is 3.36. The zero-order chi connectivity index (χ0) is 18.0. The van der Waals surface area contributed by atoms with Crippen LogP contribution in [0.25, 0.3) is 0 Å². The molecular formula is C16H18BrF3N4. The number of hydrogen-bond donors (Lipinski definition) is 2. The zero-order valence-electron chi connectivity index (χ0n) is 13.5. The van der Waals surface area contributed by atoms with Crippen molar-refractivity contribution in [2.24, 2.45) is 0 Å². The Kier molecular flexibility index (Phi) is 5.37. The number of alkyl halides is 3. The highest BCUT2D eigenvalue weighted by Gasteiger charge is 2.34. The van der Waals surface area contributed by atoms with Crippen molar-refractivity contribution in [3.8, 4) is 0 Å².